The van der Waals surface area contributed by atoms with E-state index in [9.17, 15) is 9.18 Å². The van der Waals surface area contributed by atoms with Crippen LogP contribution >= 0.6 is 27.3 Å². The lowest BCUT2D eigenvalue weighted by Crippen LogP contribution is -2.20. The van der Waals surface area contributed by atoms with Gasteiger partial charge < -0.3 is 9.88 Å². The van der Waals surface area contributed by atoms with Crippen LogP contribution in [0.5, 0.6) is 0 Å². The number of nitrogens with one attached hydrogen (secondary N) is 1. The van der Waals surface area contributed by atoms with Crippen LogP contribution in [-0.4, -0.2) is 20.4 Å². The van der Waals surface area contributed by atoms with Crippen molar-refractivity contribution in [1.29, 1.82) is 0 Å². The van der Waals surface area contributed by atoms with Crippen molar-refractivity contribution in [2.75, 3.05) is 5.32 Å². The van der Waals surface area contributed by atoms with Gasteiger partial charge in [-0.25, -0.2) is 14.4 Å². The first kappa shape index (κ1) is 16.9. The molecule has 0 unspecified atom stereocenters. The van der Waals surface area contributed by atoms with Crippen molar-refractivity contribution in [2.45, 2.75) is 6.54 Å². The van der Waals surface area contributed by atoms with E-state index in [0.29, 0.717) is 10.3 Å². The average molecular weight is 431 g/mol. The summed E-state index contributed by atoms with van der Waals surface area (Å²) in [5.41, 5.74) is 1.74. The molecule has 0 saturated carbocycles. The number of imidazole rings is 1. The van der Waals surface area contributed by atoms with E-state index in [-0.39, 0.29) is 18.1 Å². The summed E-state index contributed by atoms with van der Waals surface area (Å²) in [7, 11) is 0. The molecule has 0 atom stereocenters. The van der Waals surface area contributed by atoms with Gasteiger partial charge in [0.1, 0.15) is 12.4 Å². The third kappa shape index (κ3) is 3.25. The molecule has 130 valence electrons. The predicted molar refractivity (Wildman–Crippen MR) is 104 cm³/mol. The Balaban J connectivity index is 1.68. The number of carbonyl (C=O) groups excluding carboxylic acids is 1. The summed E-state index contributed by atoms with van der Waals surface area (Å²) in [6.45, 7) is 0.00489. The van der Waals surface area contributed by atoms with Crippen molar-refractivity contribution in [3.63, 3.8) is 0 Å². The number of para-hydroxylation sites is 2. The summed E-state index contributed by atoms with van der Waals surface area (Å²) in [5, 5.41) is 5.20. The fraction of sp³-hybridized carbons (Fsp3) is 0.0556. The van der Waals surface area contributed by atoms with Crippen molar-refractivity contribution in [1.82, 2.24) is 14.5 Å². The van der Waals surface area contributed by atoms with Crippen molar-refractivity contribution >= 4 is 49.9 Å². The standard InChI is InChI=1S/C18H12BrFN4OS/c19-11-5-6-13(12(20)9-11)22-16(25)10-24-15-4-2-1-3-14(15)23-17(24)18-21-7-8-26-18/h1-9H,10H2,(H,22,25). The Bertz CT molecular complexity index is 1090. The molecular formula is C18H12BrFN4OS. The van der Waals surface area contributed by atoms with E-state index in [1.54, 1.807) is 16.8 Å². The number of rotatable bonds is 4. The molecule has 0 spiro atoms. The molecule has 4 rings (SSSR count). The number of carbonyl (C=O) groups is 1. The molecule has 0 bridgehead atoms. The van der Waals surface area contributed by atoms with Crippen LogP contribution in [0.25, 0.3) is 21.9 Å². The first-order valence-corrected chi connectivity index (χ1v) is 9.39. The molecule has 0 aliphatic rings. The molecule has 0 radical (unpaired) electrons. The third-order valence-electron chi connectivity index (χ3n) is 3.79. The van der Waals surface area contributed by atoms with Crippen LogP contribution in [0.4, 0.5) is 10.1 Å². The Kier molecular flexibility index (Phi) is 4.52. The molecule has 0 saturated heterocycles. The topological polar surface area (TPSA) is 59.8 Å². The summed E-state index contributed by atoms with van der Waals surface area (Å²) in [6, 6.07) is 12.1. The Labute approximate surface area is 160 Å². The molecule has 2 aromatic heterocycles. The Morgan fingerprint density at radius 2 is 2.12 bits per heavy atom. The zero-order valence-electron chi connectivity index (χ0n) is 13.3. The van der Waals surface area contributed by atoms with Crippen LogP contribution in [0, 0.1) is 5.82 Å². The molecule has 2 heterocycles. The highest BCUT2D eigenvalue weighted by Gasteiger charge is 2.17. The van der Waals surface area contributed by atoms with E-state index in [4.69, 9.17) is 0 Å². The summed E-state index contributed by atoms with van der Waals surface area (Å²) < 4.78 is 16.4. The van der Waals surface area contributed by atoms with Gasteiger partial charge in [-0.05, 0) is 30.3 Å². The summed E-state index contributed by atoms with van der Waals surface area (Å²) in [4.78, 5) is 21.4. The number of benzene rings is 2. The van der Waals surface area contributed by atoms with Gasteiger partial charge in [0, 0.05) is 16.0 Å². The lowest BCUT2D eigenvalue weighted by molar-refractivity contribution is -0.116. The van der Waals surface area contributed by atoms with Crippen LogP contribution in [0.3, 0.4) is 0 Å². The maximum atomic E-state index is 14.0. The van der Waals surface area contributed by atoms with Crippen molar-refractivity contribution in [3.05, 3.63) is 64.3 Å². The third-order valence-corrected chi connectivity index (χ3v) is 5.05. The second kappa shape index (κ2) is 6.97. The van der Waals surface area contributed by atoms with Crippen molar-refractivity contribution in [2.24, 2.45) is 0 Å². The zero-order valence-corrected chi connectivity index (χ0v) is 15.7. The largest absolute Gasteiger partial charge is 0.322 e. The van der Waals surface area contributed by atoms with Gasteiger partial charge in [-0.2, -0.15) is 0 Å². The van der Waals surface area contributed by atoms with Crippen LogP contribution in [0.2, 0.25) is 0 Å². The van der Waals surface area contributed by atoms with Gasteiger partial charge in [-0.1, -0.05) is 28.1 Å². The lowest BCUT2D eigenvalue weighted by atomic mass is 10.3. The van der Waals surface area contributed by atoms with Gasteiger partial charge in [0.2, 0.25) is 5.91 Å². The fourth-order valence-corrected chi connectivity index (χ4v) is 3.62. The summed E-state index contributed by atoms with van der Waals surface area (Å²) in [5.74, 6) is -0.219. The number of anilines is 1. The molecule has 1 amide bonds. The van der Waals surface area contributed by atoms with Crippen LogP contribution in [0.15, 0.2) is 58.5 Å². The molecular weight excluding hydrogens is 419 g/mol. The van der Waals surface area contributed by atoms with Gasteiger partial charge in [-0.15, -0.1) is 11.3 Å². The minimum Gasteiger partial charge on any atom is -0.322 e. The number of amides is 1. The smallest absolute Gasteiger partial charge is 0.244 e. The number of thiazole rings is 1. The number of halogens is 2. The van der Waals surface area contributed by atoms with E-state index in [0.717, 1.165) is 16.0 Å². The molecule has 0 aliphatic carbocycles. The number of nitrogens with zero attached hydrogens (tertiary/aromatic N) is 3. The SMILES string of the molecule is O=C(Cn1c(-c2nccs2)nc2ccccc21)Nc1ccc(Br)cc1F. The maximum Gasteiger partial charge on any atom is 0.244 e. The van der Waals surface area contributed by atoms with Gasteiger partial charge in [-0.3, -0.25) is 4.79 Å². The Morgan fingerprint density at radius 1 is 1.27 bits per heavy atom. The molecule has 5 nitrogen and oxygen atoms in total. The fourth-order valence-electron chi connectivity index (χ4n) is 2.66. The Morgan fingerprint density at radius 3 is 2.88 bits per heavy atom. The second-order valence-electron chi connectivity index (χ2n) is 5.52. The van der Waals surface area contributed by atoms with Crippen LogP contribution < -0.4 is 5.32 Å². The number of hydrogen-bond donors (Lipinski definition) is 1. The van der Waals surface area contributed by atoms with Gasteiger partial charge in [0.25, 0.3) is 0 Å². The number of hydrogen-bond acceptors (Lipinski definition) is 4. The van der Waals surface area contributed by atoms with E-state index in [1.165, 1.54) is 23.5 Å². The highest BCUT2D eigenvalue weighted by Crippen LogP contribution is 2.26. The summed E-state index contributed by atoms with van der Waals surface area (Å²) in [6.07, 6.45) is 1.70. The van der Waals surface area contributed by atoms with E-state index in [2.05, 4.69) is 31.2 Å². The molecule has 4 aromatic rings. The molecule has 0 aliphatic heterocycles. The zero-order chi connectivity index (χ0) is 18.1. The lowest BCUT2D eigenvalue weighted by Gasteiger charge is -2.10. The van der Waals surface area contributed by atoms with Crippen LogP contribution in [-0.2, 0) is 11.3 Å². The molecule has 1 N–H and O–H groups in total. The number of fused-ring (bicyclic) bond motifs is 1. The average Bonchev–Trinajstić information content (AvgIpc) is 3.26. The van der Waals surface area contributed by atoms with Crippen LogP contribution in [0.1, 0.15) is 0 Å². The van der Waals surface area contributed by atoms with Gasteiger partial charge >= 0.3 is 0 Å². The predicted octanol–water partition coefficient (Wildman–Crippen LogP) is 4.70. The number of aromatic nitrogens is 3. The quantitative estimate of drug-likeness (QED) is 0.510. The van der Waals surface area contributed by atoms with Crippen molar-refractivity contribution in [3.8, 4) is 10.8 Å². The monoisotopic (exact) mass is 430 g/mol. The van der Waals surface area contributed by atoms with Gasteiger partial charge in [0.05, 0.1) is 16.7 Å². The van der Waals surface area contributed by atoms with E-state index in [1.807, 2.05) is 29.6 Å². The molecule has 26 heavy (non-hydrogen) atoms. The molecule has 2 aromatic carbocycles. The second-order valence-corrected chi connectivity index (χ2v) is 7.33. The highest BCUT2D eigenvalue weighted by atomic mass is 79.9. The van der Waals surface area contributed by atoms with Gasteiger partial charge in [0.15, 0.2) is 10.8 Å². The normalized spacial score (nSPS) is 11.0. The molecule has 0 fully saturated rings. The first-order chi connectivity index (χ1) is 12.6. The molecule has 8 heteroatoms. The minimum atomic E-state index is -0.497. The van der Waals surface area contributed by atoms with Crippen molar-refractivity contribution < 1.29 is 9.18 Å². The minimum absolute atomic E-state index is 0.00489. The van der Waals surface area contributed by atoms with E-state index >= 15 is 0 Å². The maximum absolute atomic E-state index is 14.0. The van der Waals surface area contributed by atoms with E-state index < -0.39 is 5.82 Å². The Hall–Kier alpha value is -2.58. The highest BCUT2D eigenvalue weighted by molar-refractivity contribution is 9.10. The first-order valence-electron chi connectivity index (χ1n) is 7.72. The summed E-state index contributed by atoms with van der Waals surface area (Å²) >= 11 is 4.65.